The van der Waals surface area contributed by atoms with Gasteiger partial charge in [-0.05, 0) is 60.5 Å². The summed E-state index contributed by atoms with van der Waals surface area (Å²) in [7, 11) is 0. The molecular formula is C16H18ClN2. The van der Waals surface area contributed by atoms with Crippen molar-refractivity contribution in [1.82, 2.24) is 9.97 Å². The van der Waals surface area contributed by atoms with Gasteiger partial charge in [0.2, 0.25) is 5.28 Å². The van der Waals surface area contributed by atoms with Crippen molar-refractivity contribution in [2.24, 2.45) is 0 Å². The van der Waals surface area contributed by atoms with Gasteiger partial charge in [0.15, 0.2) is 0 Å². The molecule has 2 rings (SSSR count). The number of aromatic nitrogens is 2. The fourth-order valence-corrected chi connectivity index (χ4v) is 2.16. The Balaban J connectivity index is 2.23. The number of nitrogens with zero attached hydrogens (tertiary/aromatic N) is 2. The number of benzene rings is 1. The lowest BCUT2D eigenvalue weighted by Gasteiger charge is -2.09. The van der Waals surface area contributed by atoms with E-state index in [9.17, 15) is 0 Å². The van der Waals surface area contributed by atoms with E-state index in [4.69, 9.17) is 11.6 Å². The van der Waals surface area contributed by atoms with Gasteiger partial charge in [0, 0.05) is 11.8 Å². The van der Waals surface area contributed by atoms with Crippen molar-refractivity contribution < 1.29 is 0 Å². The fraction of sp³-hybridized carbons (Fsp3) is 0.312. The second-order valence-electron chi connectivity index (χ2n) is 5.06. The molecule has 0 fully saturated rings. The quantitative estimate of drug-likeness (QED) is 0.758. The van der Waals surface area contributed by atoms with Crippen molar-refractivity contribution >= 4 is 11.6 Å². The zero-order valence-corrected chi connectivity index (χ0v) is 12.3. The molecule has 2 aromatic rings. The lowest BCUT2D eigenvalue weighted by atomic mass is 9.97. The molecule has 0 aliphatic carbocycles. The molecule has 1 heterocycles. The number of rotatable bonds is 4. The van der Waals surface area contributed by atoms with E-state index in [1.807, 2.05) is 6.07 Å². The Labute approximate surface area is 119 Å². The molecule has 2 nitrogen and oxygen atoms in total. The summed E-state index contributed by atoms with van der Waals surface area (Å²) in [6.07, 6.45) is 3.92. The van der Waals surface area contributed by atoms with Crippen LogP contribution in [0.25, 0.3) is 11.3 Å². The SMILES string of the molecule is C[C](C)CCc1ccc(-c2ccnc(Cl)n2)cc1C. The first kappa shape index (κ1) is 14.0. The van der Waals surface area contributed by atoms with E-state index in [1.165, 1.54) is 17.0 Å². The Bertz CT molecular complexity index is 564. The van der Waals surface area contributed by atoms with E-state index in [1.54, 1.807) is 6.20 Å². The highest BCUT2D eigenvalue weighted by Crippen LogP contribution is 2.22. The monoisotopic (exact) mass is 273 g/mol. The smallest absolute Gasteiger partial charge is 0.222 e. The third kappa shape index (κ3) is 3.77. The fourth-order valence-electron chi connectivity index (χ4n) is 2.02. The van der Waals surface area contributed by atoms with E-state index in [2.05, 4.69) is 48.9 Å². The minimum Gasteiger partial charge on any atom is -0.226 e. The first-order chi connectivity index (χ1) is 9.06. The van der Waals surface area contributed by atoms with E-state index in [0.29, 0.717) is 0 Å². The third-order valence-corrected chi connectivity index (χ3v) is 3.34. The van der Waals surface area contributed by atoms with Crippen LogP contribution >= 0.6 is 11.6 Å². The topological polar surface area (TPSA) is 25.8 Å². The van der Waals surface area contributed by atoms with Gasteiger partial charge < -0.3 is 0 Å². The summed E-state index contributed by atoms with van der Waals surface area (Å²) in [6.45, 7) is 6.49. The number of aryl methyl sites for hydroxylation is 2. The second kappa shape index (κ2) is 6.16. The van der Waals surface area contributed by atoms with Crippen LogP contribution in [0, 0.1) is 12.8 Å². The molecule has 0 spiro atoms. The summed E-state index contributed by atoms with van der Waals surface area (Å²) in [5.41, 5.74) is 4.65. The van der Waals surface area contributed by atoms with Gasteiger partial charge in [-0.1, -0.05) is 26.0 Å². The first-order valence-electron chi connectivity index (χ1n) is 6.44. The van der Waals surface area contributed by atoms with Gasteiger partial charge in [0.1, 0.15) is 0 Å². The van der Waals surface area contributed by atoms with Crippen LogP contribution in [0.5, 0.6) is 0 Å². The summed E-state index contributed by atoms with van der Waals surface area (Å²) in [5.74, 6) is 1.46. The highest BCUT2D eigenvalue weighted by Gasteiger charge is 2.05. The minimum absolute atomic E-state index is 0.287. The van der Waals surface area contributed by atoms with E-state index >= 15 is 0 Å². The zero-order valence-electron chi connectivity index (χ0n) is 11.6. The molecule has 0 saturated heterocycles. The van der Waals surface area contributed by atoms with Crippen LogP contribution in [0.3, 0.4) is 0 Å². The van der Waals surface area contributed by atoms with E-state index in [0.717, 1.165) is 24.1 Å². The van der Waals surface area contributed by atoms with Gasteiger partial charge in [-0.2, -0.15) is 0 Å². The van der Waals surface area contributed by atoms with Crippen LogP contribution < -0.4 is 0 Å². The number of halogens is 1. The molecule has 1 aromatic heterocycles. The van der Waals surface area contributed by atoms with Crippen LogP contribution in [0.4, 0.5) is 0 Å². The Morgan fingerprint density at radius 1 is 1.21 bits per heavy atom. The molecule has 1 radical (unpaired) electrons. The van der Waals surface area contributed by atoms with Crippen molar-refractivity contribution in [3.05, 3.63) is 52.8 Å². The van der Waals surface area contributed by atoms with Crippen molar-refractivity contribution in [2.45, 2.75) is 33.6 Å². The summed E-state index contributed by atoms with van der Waals surface area (Å²) in [5, 5.41) is 0.287. The summed E-state index contributed by atoms with van der Waals surface area (Å²) < 4.78 is 0. The van der Waals surface area contributed by atoms with Gasteiger partial charge in [-0.3, -0.25) is 0 Å². The molecule has 0 aliphatic rings. The molecule has 3 heteroatoms. The predicted octanol–water partition coefficient (Wildman–Crippen LogP) is 4.65. The Morgan fingerprint density at radius 2 is 2.00 bits per heavy atom. The maximum Gasteiger partial charge on any atom is 0.222 e. The molecule has 1 aromatic carbocycles. The van der Waals surface area contributed by atoms with Crippen LogP contribution in [0.1, 0.15) is 31.4 Å². The van der Waals surface area contributed by atoms with Crippen LogP contribution in [0.2, 0.25) is 5.28 Å². The van der Waals surface area contributed by atoms with Crippen molar-refractivity contribution in [3.8, 4) is 11.3 Å². The molecule has 0 N–H and O–H groups in total. The van der Waals surface area contributed by atoms with Gasteiger partial charge >= 0.3 is 0 Å². The predicted molar refractivity (Wildman–Crippen MR) is 80.1 cm³/mol. The maximum absolute atomic E-state index is 5.83. The largest absolute Gasteiger partial charge is 0.226 e. The van der Waals surface area contributed by atoms with Crippen LogP contribution in [-0.2, 0) is 6.42 Å². The molecule has 0 bridgehead atoms. The molecule has 0 amide bonds. The third-order valence-electron chi connectivity index (χ3n) is 3.16. The second-order valence-corrected chi connectivity index (χ2v) is 5.40. The summed E-state index contributed by atoms with van der Waals surface area (Å²) in [6, 6.07) is 8.33. The van der Waals surface area contributed by atoms with E-state index < -0.39 is 0 Å². The molecule has 0 saturated carbocycles. The van der Waals surface area contributed by atoms with Gasteiger partial charge in [0.25, 0.3) is 0 Å². The summed E-state index contributed by atoms with van der Waals surface area (Å²) >= 11 is 5.83. The average molecular weight is 274 g/mol. The molecule has 19 heavy (non-hydrogen) atoms. The van der Waals surface area contributed by atoms with Crippen molar-refractivity contribution in [1.29, 1.82) is 0 Å². The zero-order chi connectivity index (χ0) is 13.8. The standard InChI is InChI=1S/C16H18ClN2/c1-11(2)4-5-13-6-7-14(10-12(13)3)15-8-9-18-16(17)19-15/h6-10H,4-5H2,1-3H3. The molecule has 0 atom stereocenters. The van der Waals surface area contributed by atoms with Gasteiger partial charge in [-0.25, -0.2) is 9.97 Å². The lowest BCUT2D eigenvalue weighted by molar-refractivity contribution is 0.827. The van der Waals surface area contributed by atoms with Crippen molar-refractivity contribution in [3.63, 3.8) is 0 Å². The van der Waals surface area contributed by atoms with E-state index in [-0.39, 0.29) is 5.28 Å². The average Bonchev–Trinajstić information content (AvgIpc) is 2.37. The summed E-state index contributed by atoms with van der Waals surface area (Å²) in [4.78, 5) is 8.14. The van der Waals surface area contributed by atoms with Gasteiger partial charge in [0.05, 0.1) is 5.69 Å². The highest BCUT2D eigenvalue weighted by molar-refractivity contribution is 6.28. The van der Waals surface area contributed by atoms with Crippen LogP contribution in [0.15, 0.2) is 30.5 Å². The number of hydrogen-bond donors (Lipinski definition) is 0. The molecule has 0 unspecified atom stereocenters. The Morgan fingerprint density at radius 3 is 2.63 bits per heavy atom. The molecular weight excluding hydrogens is 256 g/mol. The van der Waals surface area contributed by atoms with Gasteiger partial charge in [-0.15, -0.1) is 0 Å². The first-order valence-corrected chi connectivity index (χ1v) is 6.81. The normalized spacial score (nSPS) is 11.0. The molecule has 0 aliphatic heterocycles. The molecule has 99 valence electrons. The van der Waals surface area contributed by atoms with Crippen LogP contribution in [-0.4, -0.2) is 9.97 Å². The maximum atomic E-state index is 5.83. The van der Waals surface area contributed by atoms with Crippen molar-refractivity contribution in [2.75, 3.05) is 0 Å². The minimum atomic E-state index is 0.287. The lowest BCUT2D eigenvalue weighted by Crippen LogP contribution is -1.95. The highest BCUT2D eigenvalue weighted by atomic mass is 35.5. The number of hydrogen-bond acceptors (Lipinski definition) is 2. The Hall–Kier alpha value is -1.41. The Kier molecular flexibility index (Phi) is 4.54.